The summed E-state index contributed by atoms with van der Waals surface area (Å²) >= 11 is 1.72. The van der Waals surface area contributed by atoms with E-state index in [-0.39, 0.29) is 0 Å². The van der Waals surface area contributed by atoms with Crippen LogP contribution < -0.4 is 5.32 Å². The molecule has 1 aliphatic rings. The van der Waals surface area contributed by atoms with Gasteiger partial charge in [-0.1, -0.05) is 12.1 Å². The molecular weight excluding hydrogens is 292 g/mol. The summed E-state index contributed by atoms with van der Waals surface area (Å²) in [5.41, 5.74) is 5.00. The molecule has 0 spiro atoms. The maximum Gasteiger partial charge on any atom is 0.133 e. The molecule has 4 nitrogen and oxygen atoms in total. The summed E-state index contributed by atoms with van der Waals surface area (Å²) in [5, 5.41) is 19.7. The highest BCUT2D eigenvalue weighted by Gasteiger charge is 2.25. The van der Waals surface area contributed by atoms with E-state index in [9.17, 15) is 5.26 Å². The number of hydrogen-bond donors (Lipinski definition) is 1. The average Bonchev–Trinajstić information content (AvgIpc) is 3.23. The lowest BCUT2D eigenvalue weighted by molar-refractivity contribution is 0.880. The number of aryl methyl sites for hydroxylation is 1. The van der Waals surface area contributed by atoms with Crippen LogP contribution in [-0.2, 0) is 6.42 Å². The second-order valence-electron chi connectivity index (χ2n) is 5.38. The predicted octanol–water partition coefficient (Wildman–Crippen LogP) is 3.75. The van der Waals surface area contributed by atoms with Gasteiger partial charge in [-0.2, -0.15) is 10.4 Å². The van der Waals surface area contributed by atoms with Crippen molar-refractivity contribution in [1.82, 2.24) is 9.78 Å². The molecule has 1 N–H and O–H groups in total. The summed E-state index contributed by atoms with van der Waals surface area (Å²) in [5.74, 6) is 1.02. The molecule has 0 amide bonds. The van der Waals surface area contributed by atoms with E-state index in [2.05, 4.69) is 29.8 Å². The van der Waals surface area contributed by atoms with Crippen LogP contribution in [0.25, 0.3) is 16.3 Å². The number of benzene rings is 1. The lowest BCUT2D eigenvalue weighted by Gasteiger charge is -2.07. The first kappa shape index (κ1) is 13.1. The van der Waals surface area contributed by atoms with Crippen molar-refractivity contribution in [3.63, 3.8) is 0 Å². The minimum atomic E-state index is 0.635. The van der Waals surface area contributed by atoms with Gasteiger partial charge in [-0.3, -0.25) is 0 Å². The SMILES string of the molecule is Cc1csc(-c2nn(-c3ccccc3C#N)c3c2CCN3)c1. The number of rotatable bonds is 2. The third kappa shape index (κ3) is 1.92. The average molecular weight is 306 g/mol. The fourth-order valence-electron chi connectivity index (χ4n) is 2.86. The van der Waals surface area contributed by atoms with E-state index in [0.29, 0.717) is 5.56 Å². The van der Waals surface area contributed by atoms with Crippen molar-refractivity contribution in [1.29, 1.82) is 5.26 Å². The first-order valence-corrected chi connectivity index (χ1v) is 8.06. The normalized spacial score (nSPS) is 12.7. The van der Waals surface area contributed by atoms with E-state index < -0.39 is 0 Å². The summed E-state index contributed by atoms with van der Waals surface area (Å²) in [6.07, 6.45) is 0.969. The van der Waals surface area contributed by atoms with E-state index in [1.807, 2.05) is 28.9 Å². The molecule has 22 heavy (non-hydrogen) atoms. The zero-order valence-corrected chi connectivity index (χ0v) is 12.9. The number of para-hydroxylation sites is 1. The first-order chi connectivity index (χ1) is 10.8. The largest absolute Gasteiger partial charge is 0.369 e. The summed E-state index contributed by atoms with van der Waals surface area (Å²) in [6, 6.07) is 12.0. The Kier molecular flexibility index (Phi) is 2.98. The quantitative estimate of drug-likeness (QED) is 0.784. The summed E-state index contributed by atoms with van der Waals surface area (Å²) in [4.78, 5) is 1.19. The third-order valence-corrected chi connectivity index (χ3v) is 4.92. The van der Waals surface area contributed by atoms with Crippen molar-refractivity contribution in [3.8, 4) is 22.3 Å². The highest BCUT2D eigenvalue weighted by atomic mass is 32.1. The van der Waals surface area contributed by atoms with Gasteiger partial charge in [-0.05, 0) is 42.5 Å². The van der Waals surface area contributed by atoms with Gasteiger partial charge < -0.3 is 5.32 Å². The van der Waals surface area contributed by atoms with Crippen LogP contribution in [0.1, 0.15) is 16.7 Å². The second kappa shape index (κ2) is 5.00. The van der Waals surface area contributed by atoms with E-state index in [0.717, 1.165) is 30.2 Å². The van der Waals surface area contributed by atoms with Gasteiger partial charge >= 0.3 is 0 Å². The summed E-state index contributed by atoms with van der Waals surface area (Å²) in [6.45, 7) is 3.01. The molecule has 4 rings (SSSR count). The highest BCUT2D eigenvalue weighted by Crippen LogP contribution is 2.37. The zero-order chi connectivity index (χ0) is 15.1. The molecular formula is C17H14N4S. The van der Waals surface area contributed by atoms with E-state index in [4.69, 9.17) is 5.10 Å². The van der Waals surface area contributed by atoms with Crippen LogP contribution in [0.15, 0.2) is 35.7 Å². The molecule has 0 fully saturated rings. The first-order valence-electron chi connectivity index (χ1n) is 7.18. The van der Waals surface area contributed by atoms with Crippen molar-refractivity contribution in [2.24, 2.45) is 0 Å². The lowest BCUT2D eigenvalue weighted by atomic mass is 10.1. The maximum absolute atomic E-state index is 9.35. The minimum absolute atomic E-state index is 0.635. The van der Waals surface area contributed by atoms with Crippen molar-refractivity contribution in [3.05, 3.63) is 52.4 Å². The highest BCUT2D eigenvalue weighted by molar-refractivity contribution is 7.13. The Morgan fingerprint density at radius 3 is 3.00 bits per heavy atom. The Morgan fingerprint density at radius 2 is 2.23 bits per heavy atom. The number of anilines is 1. The zero-order valence-electron chi connectivity index (χ0n) is 12.1. The number of thiophene rings is 1. The minimum Gasteiger partial charge on any atom is -0.369 e. The Morgan fingerprint density at radius 1 is 1.36 bits per heavy atom. The summed E-state index contributed by atoms with van der Waals surface area (Å²) < 4.78 is 1.88. The molecule has 0 aliphatic carbocycles. The monoisotopic (exact) mass is 306 g/mol. The fourth-order valence-corrected chi connectivity index (χ4v) is 3.77. The second-order valence-corrected chi connectivity index (χ2v) is 6.29. The van der Waals surface area contributed by atoms with Crippen molar-refractivity contribution in [2.75, 3.05) is 11.9 Å². The molecule has 1 aliphatic heterocycles. The Balaban J connectivity index is 1.94. The van der Waals surface area contributed by atoms with Crippen molar-refractivity contribution in [2.45, 2.75) is 13.3 Å². The van der Waals surface area contributed by atoms with Gasteiger partial charge in [0.25, 0.3) is 0 Å². The van der Waals surface area contributed by atoms with Crippen LogP contribution in [0.3, 0.4) is 0 Å². The van der Waals surface area contributed by atoms with Gasteiger partial charge in [0, 0.05) is 12.1 Å². The predicted molar refractivity (Wildman–Crippen MR) is 88.5 cm³/mol. The molecule has 5 heteroatoms. The summed E-state index contributed by atoms with van der Waals surface area (Å²) in [7, 11) is 0. The molecule has 1 aromatic carbocycles. The Bertz CT molecular complexity index is 898. The molecule has 0 saturated carbocycles. The van der Waals surface area contributed by atoms with Gasteiger partial charge in [-0.25, -0.2) is 4.68 Å². The molecule has 3 heterocycles. The van der Waals surface area contributed by atoms with E-state index in [1.165, 1.54) is 16.0 Å². The van der Waals surface area contributed by atoms with E-state index in [1.54, 1.807) is 11.3 Å². The lowest BCUT2D eigenvalue weighted by Crippen LogP contribution is -2.05. The van der Waals surface area contributed by atoms with E-state index >= 15 is 0 Å². The fraction of sp³-hybridized carbons (Fsp3) is 0.176. The van der Waals surface area contributed by atoms with Crippen LogP contribution in [0.5, 0.6) is 0 Å². The number of nitriles is 1. The van der Waals surface area contributed by atoms with Gasteiger partial charge in [-0.15, -0.1) is 11.3 Å². The molecule has 0 radical (unpaired) electrons. The Labute approximate surface area is 132 Å². The van der Waals surface area contributed by atoms with Crippen LogP contribution in [0.4, 0.5) is 5.82 Å². The van der Waals surface area contributed by atoms with Crippen molar-refractivity contribution < 1.29 is 0 Å². The maximum atomic E-state index is 9.35. The van der Waals surface area contributed by atoms with Crippen LogP contribution in [0.2, 0.25) is 0 Å². The number of nitrogens with zero attached hydrogens (tertiary/aromatic N) is 3. The van der Waals surface area contributed by atoms with Gasteiger partial charge in [0.1, 0.15) is 17.6 Å². The Hall–Kier alpha value is -2.58. The number of aromatic nitrogens is 2. The van der Waals surface area contributed by atoms with Crippen LogP contribution in [0, 0.1) is 18.3 Å². The smallest absolute Gasteiger partial charge is 0.133 e. The molecule has 3 aromatic rings. The number of nitrogens with one attached hydrogen (secondary N) is 1. The number of hydrogen-bond acceptors (Lipinski definition) is 4. The molecule has 108 valence electrons. The van der Waals surface area contributed by atoms with Gasteiger partial charge in [0.2, 0.25) is 0 Å². The molecule has 0 atom stereocenters. The molecule has 0 saturated heterocycles. The molecule has 2 aromatic heterocycles. The standard InChI is InChI=1S/C17H14N4S/c1-11-8-15(22-10-11)16-13-6-7-19-17(13)21(20-16)14-5-3-2-4-12(14)9-18/h2-5,8,10,19H,6-7H2,1H3. The van der Waals surface area contributed by atoms with Crippen LogP contribution >= 0.6 is 11.3 Å². The van der Waals surface area contributed by atoms with Gasteiger partial charge in [0.05, 0.1) is 16.1 Å². The van der Waals surface area contributed by atoms with Crippen LogP contribution in [-0.4, -0.2) is 16.3 Å². The molecule has 0 bridgehead atoms. The topological polar surface area (TPSA) is 53.6 Å². The number of fused-ring (bicyclic) bond motifs is 1. The molecule has 0 unspecified atom stereocenters. The third-order valence-electron chi connectivity index (χ3n) is 3.87. The van der Waals surface area contributed by atoms with Crippen molar-refractivity contribution >= 4 is 17.2 Å². The van der Waals surface area contributed by atoms with Gasteiger partial charge in [0.15, 0.2) is 0 Å².